The topological polar surface area (TPSA) is 57.4 Å². The first-order chi connectivity index (χ1) is 8.31. The third-order valence-corrected chi connectivity index (χ3v) is 3.31. The number of benzene rings is 1. The van der Waals surface area contributed by atoms with Gasteiger partial charge in [0.15, 0.2) is 11.5 Å². The molecule has 0 spiro atoms. The first-order valence-corrected chi connectivity index (χ1v) is 5.92. The van der Waals surface area contributed by atoms with Crippen LogP contribution < -0.4 is 15.2 Å². The molecule has 0 atom stereocenters. The summed E-state index contributed by atoms with van der Waals surface area (Å²) in [5.41, 5.74) is 5.54. The van der Waals surface area contributed by atoms with E-state index >= 15 is 0 Å². The van der Waals surface area contributed by atoms with Gasteiger partial charge in [-0.15, -0.1) is 0 Å². The summed E-state index contributed by atoms with van der Waals surface area (Å²) in [5.74, 6) is 2.11. The molecule has 0 aliphatic carbocycles. The molecule has 0 amide bonds. The van der Waals surface area contributed by atoms with Gasteiger partial charge in [-0.05, 0) is 30.3 Å². The zero-order valence-corrected chi connectivity index (χ0v) is 9.74. The fourth-order valence-corrected chi connectivity index (χ4v) is 2.34. The first-order valence-electron chi connectivity index (χ1n) is 5.10. The largest absolute Gasteiger partial charge is 0.454 e. The second-order valence-electron chi connectivity index (χ2n) is 3.54. The van der Waals surface area contributed by atoms with Gasteiger partial charge >= 0.3 is 0 Å². The molecule has 1 aliphatic rings. The molecule has 1 aromatic carbocycles. The van der Waals surface area contributed by atoms with Crippen molar-refractivity contribution in [3.8, 4) is 11.5 Å². The highest BCUT2D eigenvalue weighted by Crippen LogP contribution is 2.37. The fraction of sp³-hybridized carbons (Fsp3) is 0.0833. The van der Waals surface area contributed by atoms with Crippen LogP contribution in [0.5, 0.6) is 11.5 Å². The van der Waals surface area contributed by atoms with Crippen LogP contribution in [0, 0.1) is 0 Å². The van der Waals surface area contributed by atoms with E-state index in [2.05, 4.69) is 4.98 Å². The maximum atomic E-state index is 5.54. The van der Waals surface area contributed by atoms with E-state index in [1.807, 2.05) is 24.3 Å². The molecular weight excluding hydrogens is 236 g/mol. The van der Waals surface area contributed by atoms with Gasteiger partial charge in [0, 0.05) is 16.0 Å². The number of hydrogen-bond acceptors (Lipinski definition) is 5. The zero-order chi connectivity index (χ0) is 11.7. The number of nitrogens with two attached hydrogens (primary N) is 1. The summed E-state index contributed by atoms with van der Waals surface area (Å²) in [6.07, 6.45) is 1.75. The Kier molecular flexibility index (Phi) is 2.53. The Hall–Kier alpha value is -1.88. The number of ether oxygens (including phenoxy) is 2. The van der Waals surface area contributed by atoms with E-state index in [9.17, 15) is 0 Å². The quantitative estimate of drug-likeness (QED) is 0.882. The summed E-state index contributed by atoms with van der Waals surface area (Å²) < 4.78 is 10.6. The molecule has 5 heteroatoms. The molecule has 0 saturated heterocycles. The van der Waals surface area contributed by atoms with Crippen LogP contribution in [0.25, 0.3) is 0 Å². The summed E-state index contributed by atoms with van der Waals surface area (Å²) in [4.78, 5) is 6.17. The number of aromatic nitrogens is 1. The molecule has 3 rings (SSSR count). The predicted octanol–water partition coefficient (Wildman–Crippen LogP) is 2.54. The highest BCUT2D eigenvalue weighted by molar-refractivity contribution is 7.99. The van der Waals surface area contributed by atoms with E-state index in [4.69, 9.17) is 15.2 Å². The minimum Gasteiger partial charge on any atom is -0.454 e. The molecule has 0 radical (unpaired) electrons. The molecule has 0 unspecified atom stereocenters. The van der Waals surface area contributed by atoms with E-state index in [0.717, 1.165) is 21.3 Å². The van der Waals surface area contributed by atoms with Crippen molar-refractivity contribution < 1.29 is 9.47 Å². The zero-order valence-electron chi connectivity index (χ0n) is 8.92. The third-order valence-electron chi connectivity index (χ3n) is 2.34. The van der Waals surface area contributed by atoms with E-state index < -0.39 is 0 Å². The Bertz CT molecular complexity index is 543. The normalized spacial score (nSPS) is 12.7. The molecule has 1 aliphatic heterocycles. The molecular formula is C12H10N2O2S. The lowest BCUT2D eigenvalue weighted by Gasteiger charge is -2.03. The fourth-order valence-electron chi connectivity index (χ4n) is 1.53. The van der Waals surface area contributed by atoms with Crippen molar-refractivity contribution in [3.05, 3.63) is 36.5 Å². The number of nitrogens with zero attached hydrogens (tertiary/aromatic N) is 1. The lowest BCUT2D eigenvalue weighted by atomic mass is 10.3. The molecule has 2 N–H and O–H groups in total. The third kappa shape index (κ3) is 2.14. The van der Waals surface area contributed by atoms with E-state index in [1.54, 1.807) is 24.0 Å². The minimum absolute atomic E-state index is 0.298. The van der Waals surface area contributed by atoms with Crippen LogP contribution in [0.2, 0.25) is 0 Å². The maximum absolute atomic E-state index is 5.54. The second kappa shape index (κ2) is 4.18. The van der Waals surface area contributed by atoms with Crippen molar-refractivity contribution in [2.75, 3.05) is 12.5 Å². The highest BCUT2D eigenvalue weighted by Gasteiger charge is 2.13. The number of hydrogen-bond donors (Lipinski definition) is 1. The molecule has 17 heavy (non-hydrogen) atoms. The van der Waals surface area contributed by atoms with Gasteiger partial charge in [-0.2, -0.15) is 0 Å². The van der Waals surface area contributed by atoms with Crippen LogP contribution in [0.15, 0.2) is 46.3 Å². The molecule has 0 bridgehead atoms. The number of rotatable bonds is 2. The number of nitrogen functional groups attached to an aromatic ring is 1. The lowest BCUT2D eigenvalue weighted by molar-refractivity contribution is 0.174. The predicted molar refractivity (Wildman–Crippen MR) is 65.3 cm³/mol. The highest BCUT2D eigenvalue weighted by atomic mass is 32.2. The monoisotopic (exact) mass is 246 g/mol. The van der Waals surface area contributed by atoms with Gasteiger partial charge in [0.1, 0.15) is 5.82 Å². The Morgan fingerprint density at radius 2 is 1.88 bits per heavy atom. The Morgan fingerprint density at radius 3 is 2.71 bits per heavy atom. The molecule has 86 valence electrons. The average molecular weight is 246 g/mol. The van der Waals surface area contributed by atoms with Gasteiger partial charge < -0.3 is 15.2 Å². The van der Waals surface area contributed by atoms with Gasteiger partial charge in [0.2, 0.25) is 6.79 Å². The summed E-state index contributed by atoms with van der Waals surface area (Å²) in [7, 11) is 0. The first kappa shape index (κ1) is 10.3. The van der Waals surface area contributed by atoms with Crippen LogP contribution >= 0.6 is 11.8 Å². The Labute approximate surface area is 103 Å². The molecule has 0 saturated carbocycles. The second-order valence-corrected chi connectivity index (χ2v) is 4.68. The van der Waals surface area contributed by atoms with Crippen LogP contribution in [-0.2, 0) is 0 Å². The molecule has 0 fully saturated rings. The molecule has 2 heterocycles. The summed E-state index contributed by atoms with van der Waals surface area (Å²) in [5, 5.41) is 0. The number of anilines is 1. The Balaban J connectivity index is 1.83. The van der Waals surface area contributed by atoms with Crippen molar-refractivity contribution in [2.24, 2.45) is 0 Å². The minimum atomic E-state index is 0.298. The van der Waals surface area contributed by atoms with Gasteiger partial charge in [-0.3, -0.25) is 0 Å². The SMILES string of the molecule is Nc1ccc(Sc2ccc3c(c2)OCO3)cn1. The van der Waals surface area contributed by atoms with Crippen molar-refractivity contribution in [1.82, 2.24) is 4.98 Å². The van der Waals surface area contributed by atoms with Crippen molar-refractivity contribution >= 4 is 17.6 Å². The van der Waals surface area contributed by atoms with E-state index in [0.29, 0.717) is 12.6 Å². The van der Waals surface area contributed by atoms with Crippen LogP contribution in [0.4, 0.5) is 5.82 Å². The molecule has 2 aromatic rings. The standard InChI is InChI=1S/C12H10N2O2S/c13-12-4-2-9(6-14-12)17-8-1-3-10-11(5-8)16-7-15-10/h1-6H,7H2,(H2,13,14). The number of pyridine rings is 1. The van der Waals surface area contributed by atoms with Crippen LogP contribution in [0.1, 0.15) is 0 Å². The van der Waals surface area contributed by atoms with Gasteiger partial charge in [-0.1, -0.05) is 11.8 Å². The Morgan fingerprint density at radius 1 is 1.06 bits per heavy atom. The lowest BCUT2D eigenvalue weighted by Crippen LogP contribution is -1.92. The van der Waals surface area contributed by atoms with Gasteiger partial charge in [0.25, 0.3) is 0 Å². The molecule has 1 aromatic heterocycles. The average Bonchev–Trinajstić information content (AvgIpc) is 2.79. The summed E-state index contributed by atoms with van der Waals surface area (Å²) in [6, 6.07) is 9.60. The van der Waals surface area contributed by atoms with Crippen LogP contribution in [-0.4, -0.2) is 11.8 Å². The van der Waals surface area contributed by atoms with Crippen molar-refractivity contribution in [2.45, 2.75) is 9.79 Å². The molecule has 4 nitrogen and oxygen atoms in total. The van der Waals surface area contributed by atoms with E-state index in [1.165, 1.54) is 0 Å². The summed E-state index contributed by atoms with van der Waals surface area (Å²) >= 11 is 1.61. The number of fused-ring (bicyclic) bond motifs is 1. The summed E-state index contributed by atoms with van der Waals surface area (Å²) in [6.45, 7) is 0.298. The van der Waals surface area contributed by atoms with Crippen molar-refractivity contribution in [1.29, 1.82) is 0 Å². The van der Waals surface area contributed by atoms with Gasteiger partial charge in [-0.25, -0.2) is 4.98 Å². The van der Waals surface area contributed by atoms with Crippen LogP contribution in [0.3, 0.4) is 0 Å². The van der Waals surface area contributed by atoms with Gasteiger partial charge in [0.05, 0.1) is 0 Å². The maximum Gasteiger partial charge on any atom is 0.231 e. The smallest absolute Gasteiger partial charge is 0.231 e. The van der Waals surface area contributed by atoms with E-state index in [-0.39, 0.29) is 0 Å². The van der Waals surface area contributed by atoms with Crippen molar-refractivity contribution in [3.63, 3.8) is 0 Å².